The number of nitrogens with zero attached hydrogens (tertiary/aromatic N) is 2. The molecular weight excluding hydrogens is 216 g/mol. The van der Waals surface area contributed by atoms with Crippen LogP contribution in [0.5, 0.6) is 0 Å². The number of amides is 2. The van der Waals surface area contributed by atoms with Crippen molar-refractivity contribution in [3.63, 3.8) is 0 Å². The van der Waals surface area contributed by atoms with Crippen LogP contribution in [0.1, 0.15) is 12.8 Å². The summed E-state index contributed by atoms with van der Waals surface area (Å²) in [6.45, 7) is 7.38. The second-order valence-electron chi connectivity index (χ2n) is 5.51. The average Bonchev–Trinajstić information content (AvgIpc) is 2.72. The Balaban J connectivity index is 1.51. The molecule has 0 aromatic rings. The van der Waals surface area contributed by atoms with Gasteiger partial charge >= 0.3 is 6.03 Å². The summed E-state index contributed by atoms with van der Waals surface area (Å²) in [4.78, 5) is 16.0. The van der Waals surface area contributed by atoms with Crippen LogP contribution in [0, 0.1) is 5.92 Å². The maximum Gasteiger partial charge on any atom is 0.317 e. The van der Waals surface area contributed by atoms with Crippen molar-refractivity contribution in [3.8, 4) is 0 Å². The Morgan fingerprint density at radius 2 is 2.24 bits per heavy atom. The second-order valence-corrected chi connectivity index (χ2v) is 5.51. The number of nitrogens with one attached hydrogen (secondary N) is 2. The number of piperidine rings is 1. The van der Waals surface area contributed by atoms with E-state index in [1.165, 1.54) is 32.5 Å². The van der Waals surface area contributed by atoms with E-state index in [0.29, 0.717) is 6.04 Å². The van der Waals surface area contributed by atoms with Gasteiger partial charge in [0.15, 0.2) is 0 Å². The van der Waals surface area contributed by atoms with Gasteiger partial charge in [0.05, 0.1) is 6.04 Å². The highest BCUT2D eigenvalue weighted by Crippen LogP contribution is 2.17. The molecule has 0 aromatic carbocycles. The molecule has 3 aliphatic heterocycles. The first-order valence-corrected chi connectivity index (χ1v) is 6.80. The van der Waals surface area contributed by atoms with Gasteiger partial charge in [-0.1, -0.05) is 0 Å². The molecule has 5 nitrogen and oxygen atoms in total. The highest BCUT2D eigenvalue weighted by atomic mass is 16.2. The molecule has 96 valence electrons. The predicted molar refractivity (Wildman–Crippen MR) is 65.9 cm³/mol. The molecule has 2 unspecified atom stereocenters. The topological polar surface area (TPSA) is 47.6 Å². The molecule has 2 N–H and O–H groups in total. The fraction of sp³-hybridized carbons (Fsp3) is 0.917. The lowest BCUT2D eigenvalue weighted by Gasteiger charge is -2.38. The Bertz CT molecular complexity index is 290. The zero-order valence-corrected chi connectivity index (χ0v) is 10.3. The maximum absolute atomic E-state index is 11.5. The van der Waals surface area contributed by atoms with Gasteiger partial charge in [0, 0.05) is 32.7 Å². The van der Waals surface area contributed by atoms with Gasteiger partial charge in [0.1, 0.15) is 0 Å². The summed E-state index contributed by atoms with van der Waals surface area (Å²) >= 11 is 0. The standard InChI is InChI=1S/C12H22N4O/c17-12-14-7-11-9-15(4-5-16(11)12)8-10-2-1-3-13-6-10/h10-11,13H,1-9H2,(H,14,17). The van der Waals surface area contributed by atoms with Crippen LogP contribution in [-0.4, -0.2) is 67.7 Å². The van der Waals surface area contributed by atoms with Crippen LogP contribution < -0.4 is 10.6 Å². The van der Waals surface area contributed by atoms with Gasteiger partial charge in [-0.15, -0.1) is 0 Å². The van der Waals surface area contributed by atoms with E-state index in [9.17, 15) is 4.79 Å². The third-order valence-corrected chi connectivity index (χ3v) is 4.23. The lowest BCUT2D eigenvalue weighted by molar-refractivity contribution is 0.104. The number of rotatable bonds is 2. The zero-order chi connectivity index (χ0) is 11.7. The van der Waals surface area contributed by atoms with Gasteiger partial charge in [0.2, 0.25) is 0 Å². The number of carbonyl (C=O) groups is 1. The summed E-state index contributed by atoms with van der Waals surface area (Å²) in [7, 11) is 0. The monoisotopic (exact) mass is 238 g/mol. The molecule has 0 bridgehead atoms. The molecule has 0 spiro atoms. The molecule has 0 saturated carbocycles. The van der Waals surface area contributed by atoms with E-state index in [4.69, 9.17) is 0 Å². The maximum atomic E-state index is 11.5. The molecule has 3 fully saturated rings. The minimum atomic E-state index is 0.133. The Labute approximate surface area is 103 Å². The van der Waals surface area contributed by atoms with E-state index in [1.807, 2.05) is 4.90 Å². The summed E-state index contributed by atoms with van der Waals surface area (Å²) in [5.74, 6) is 0.806. The van der Waals surface area contributed by atoms with E-state index < -0.39 is 0 Å². The van der Waals surface area contributed by atoms with Gasteiger partial charge < -0.3 is 15.5 Å². The number of fused-ring (bicyclic) bond motifs is 1. The largest absolute Gasteiger partial charge is 0.336 e. The Hall–Kier alpha value is -0.810. The van der Waals surface area contributed by atoms with Gasteiger partial charge in [-0.25, -0.2) is 4.79 Å². The lowest BCUT2D eigenvalue weighted by atomic mass is 9.98. The van der Waals surface area contributed by atoms with Crippen molar-refractivity contribution < 1.29 is 4.79 Å². The quantitative estimate of drug-likeness (QED) is 0.694. The molecule has 2 amide bonds. The Morgan fingerprint density at radius 1 is 1.29 bits per heavy atom. The minimum Gasteiger partial charge on any atom is -0.336 e. The van der Waals surface area contributed by atoms with Crippen molar-refractivity contribution in [2.24, 2.45) is 5.92 Å². The number of hydrogen-bond donors (Lipinski definition) is 2. The summed E-state index contributed by atoms with van der Waals surface area (Å²) < 4.78 is 0. The molecular formula is C12H22N4O. The number of hydrogen-bond acceptors (Lipinski definition) is 3. The summed E-state index contributed by atoms with van der Waals surface area (Å²) in [5.41, 5.74) is 0. The van der Waals surface area contributed by atoms with Crippen LogP contribution in [0.3, 0.4) is 0 Å². The first-order valence-electron chi connectivity index (χ1n) is 6.80. The van der Waals surface area contributed by atoms with Gasteiger partial charge in [-0.05, 0) is 31.8 Å². The molecule has 0 radical (unpaired) electrons. The van der Waals surface area contributed by atoms with E-state index in [2.05, 4.69) is 15.5 Å². The van der Waals surface area contributed by atoms with Crippen molar-refractivity contribution in [1.29, 1.82) is 0 Å². The second kappa shape index (κ2) is 4.82. The molecule has 3 heterocycles. The van der Waals surface area contributed by atoms with E-state index in [0.717, 1.165) is 32.1 Å². The minimum absolute atomic E-state index is 0.133. The lowest BCUT2D eigenvalue weighted by Crippen LogP contribution is -2.53. The Kier molecular flexibility index (Phi) is 3.20. The molecule has 5 heteroatoms. The molecule has 0 aromatic heterocycles. The van der Waals surface area contributed by atoms with Crippen LogP contribution in [0.15, 0.2) is 0 Å². The average molecular weight is 238 g/mol. The predicted octanol–water partition coefficient (Wildman–Crippen LogP) is -0.305. The molecule has 3 saturated heterocycles. The third-order valence-electron chi connectivity index (χ3n) is 4.23. The van der Waals surface area contributed by atoms with Crippen molar-refractivity contribution in [3.05, 3.63) is 0 Å². The molecule has 0 aliphatic carbocycles. The molecule has 17 heavy (non-hydrogen) atoms. The fourth-order valence-electron chi connectivity index (χ4n) is 3.28. The van der Waals surface area contributed by atoms with Crippen LogP contribution in [0.25, 0.3) is 0 Å². The smallest absolute Gasteiger partial charge is 0.317 e. The van der Waals surface area contributed by atoms with Gasteiger partial charge in [-0.2, -0.15) is 0 Å². The summed E-state index contributed by atoms with van der Waals surface area (Å²) in [6.07, 6.45) is 2.67. The van der Waals surface area contributed by atoms with Crippen molar-refractivity contribution in [1.82, 2.24) is 20.4 Å². The number of piperazine rings is 1. The van der Waals surface area contributed by atoms with Gasteiger partial charge in [0.25, 0.3) is 0 Å². The normalized spacial score (nSPS) is 34.6. The number of carbonyl (C=O) groups excluding carboxylic acids is 1. The van der Waals surface area contributed by atoms with E-state index in [1.54, 1.807) is 0 Å². The highest BCUT2D eigenvalue weighted by Gasteiger charge is 2.35. The summed E-state index contributed by atoms with van der Waals surface area (Å²) in [5, 5.41) is 6.41. The van der Waals surface area contributed by atoms with E-state index >= 15 is 0 Å². The molecule has 3 rings (SSSR count). The fourth-order valence-corrected chi connectivity index (χ4v) is 3.28. The first kappa shape index (κ1) is 11.3. The zero-order valence-electron chi connectivity index (χ0n) is 10.3. The van der Waals surface area contributed by atoms with Crippen molar-refractivity contribution in [2.75, 3.05) is 45.8 Å². The van der Waals surface area contributed by atoms with E-state index in [-0.39, 0.29) is 6.03 Å². The van der Waals surface area contributed by atoms with Crippen LogP contribution >= 0.6 is 0 Å². The third kappa shape index (κ3) is 2.40. The van der Waals surface area contributed by atoms with Crippen LogP contribution in [-0.2, 0) is 0 Å². The number of urea groups is 1. The molecule has 2 atom stereocenters. The van der Waals surface area contributed by atoms with Crippen molar-refractivity contribution >= 4 is 6.03 Å². The first-order chi connectivity index (χ1) is 8.33. The molecule has 3 aliphatic rings. The highest BCUT2D eigenvalue weighted by molar-refractivity contribution is 5.77. The van der Waals surface area contributed by atoms with Crippen molar-refractivity contribution in [2.45, 2.75) is 18.9 Å². The summed E-state index contributed by atoms with van der Waals surface area (Å²) in [6, 6.07) is 0.543. The van der Waals surface area contributed by atoms with Crippen LogP contribution in [0.2, 0.25) is 0 Å². The van der Waals surface area contributed by atoms with Crippen LogP contribution in [0.4, 0.5) is 4.79 Å². The Morgan fingerprint density at radius 3 is 3.06 bits per heavy atom. The van der Waals surface area contributed by atoms with Gasteiger partial charge in [-0.3, -0.25) is 4.90 Å². The SMILES string of the molecule is O=C1NCC2CN(CC3CCCNC3)CCN12.